The second-order valence-corrected chi connectivity index (χ2v) is 12.2. The Labute approximate surface area is 245 Å². The summed E-state index contributed by atoms with van der Waals surface area (Å²) in [7, 11) is -9.09. The lowest BCUT2D eigenvalue weighted by molar-refractivity contribution is 0.0689. The molecule has 2 unspecified atom stereocenters. The van der Waals surface area contributed by atoms with Gasteiger partial charge in [0, 0.05) is 24.7 Å². The third-order valence-corrected chi connectivity index (χ3v) is 8.49. The average molecular weight is 650 g/mol. The zero-order valence-corrected chi connectivity index (χ0v) is 25.0. The number of benzene rings is 3. The van der Waals surface area contributed by atoms with E-state index in [9.17, 15) is 34.4 Å². The quantitative estimate of drug-likeness (QED) is 0.128. The van der Waals surface area contributed by atoms with E-state index in [2.05, 4.69) is 0 Å². The summed E-state index contributed by atoms with van der Waals surface area (Å²) in [6.45, 7) is 6.63. The summed E-state index contributed by atoms with van der Waals surface area (Å²) in [6, 6.07) is 5.92. The number of nitriles is 1. The highest BCUT2D eigenvalue weighted by molar-refractivity contribution is 7.87. The monoisotopic (exact) mass is 649 g/mol. The lowest BCUT2D eigenvalue weighted by Crippen LogP contribution is -2.21. The van der Waals surface area contributed by atoms with E-state index < -0.39 is 82.6 Å². The van der Waals surface area contributed by atoms with Gasteiger partial charge in [-0.25, -0.2) is 8.78 Å². The Balaban J connectivity index is 2.21. The molecule has 0 aromatic heterocycles. The largest absolute Gasteiger partial charge is 0.450 e. The highest BCUT2D eigenvalue weighted by Gasteiger charge is 2.29. The van der Waals surface area contributed by atoms with Crippen LogP contribution in [0.5, 0.6) is 11.5 Å². The van der Waals surface area contributed by atoms with Crippen molar-refractivity contribution in [2.75, 3.05) is 26.4 Å². The smallest absolute Gasteiger partial charge is 0.297 e. The third-order valence-electron chi connectivity index (χ3n) is 5.68. The van der Waals surface area contributed by atoms with Crippen molar-refractivity contribution >= 4 is 31.0 Å². The van der Waals surface area contributed by atoms with E-state index in [1.165, 1.54) is 13.8 Å². The summed E-state index contributed by atoms with van der Waals surface area (Å²) < 4.78 is 136. The van der Waals surface area contributed by atoms with Crippen LogP contribution in [-0.4, -0.2) is 55.5 Å². The van der Waals surface area contributed by atoms with Gasteiger partial charge in [-0.05, 0) is 57.3 Å². The van der Waals surface area contributed by atoms with Gasteiger partial charge in [0.1, 0.15) is 17.4 Å². The summed E-state index contributed by atoms with van der Waals surface area (Å²) in [5.74, 6) is -10.5. The zero-order valence-electron chi connectivity index (χ0n) is 23.3. The second kappa shape index (κ2) is 14.0. The van der Waals surface area contributed by atoms with Crippen LogP contribution < -0.4 is 4.74 Å². The van der Waals surface area contributed by atoms with Gasteiger partial charge in [0.15, 0.2) is 11.6 Å². The maximum Gasteiger partial charge on any atom is 0.297 e. The van der Waals surface area contributed by atoms with Crippen LogP contribution in [0.3, 0.4) is 0 Å². The Morgan fingerprint density at radius 3 is 1.74 bits per heavy atom. The molecule has 0 fully saturated rings. The van der Waals surface area contributed by atoms with E-state index >= 15 is 0 Å². The van der Waals surface area contributed by atoms with Crippen LogP contribution in [0.15, 0.2) is 40.1 Å². The normalized spacial score (nSPS) is 13.6. The number of hydrogen-bond acceptors (Lipinski definition) is 10. The van der Waals surface area contributed by atoms with Crippen molar-refractivity contribution in [3.63, 3.8) is 0 Å². The van der Waals surface area contributed by atoms with Gasteiger partial charge < -0.3 is 14.2 Å². The summed E-state index contributed by atoms with van der Waals surface area (Å²) in [5.41, 5.74) is -1.53. The maximum atomic E-state index is 14.7. The number of halogens is 4. The Bertz CT molecular complexity index is 1730. The van der Waals surface area contributed by atoms with E-state index in [1.54, 1.807) is 13.8 Å². The van der Waals surface area contributed by atoms with E-state index in [0.717, 1.165) is 36.4 Å². The SMILES string of the molecule is CCOCC(C)OS(=O)(=O)c1ccc2c(Oc3c(F)c(F)c(C#N)c(F)c3F)cc(S(=O)(=O)OC(C)COCC)cc2c1. The third kappa shape index (κ3) is 7.80. The van der Waals surface area contributed by atoms with Crippen LogP contribution in [0.4, 0.5) is 17.6 Å². The standard InChI is InChI=1S/C27H27F4NO9S2/c1-5-37-13-15(3)40-42(33,34)18-7-8-20-17(9-18)10-19(43(35,36)41-16(4)14-38-6-2)11-22(20)39-27-25(30)23(28)21(12-32)24(29)26(27)31/h7-11,15-16H,5-6,13-14H2,1-4H3. The first-order chi connectivity index (χ1) is 20.2. The zero-order chi connectivity index (χ0) is 32.1. The van der Waals surface area contributed by atoms with Crippen molar-refractivity contribution in [1.82, 2.24) is 0 Å². The van der Waals surface area contributed by atoms with Crippen molar-refractivity contribution in [1.29, 1.82) is 5.26 Å². The number of rotatable bonds is 14. The van der Waals surface area contributed by atoms with E-state index in [0.29, 0.717) is 6.61 Å². The minimum atomic E-state index is -4.66. The first-order valence-electron chi connectivity index (χ1n) is 12.7. The van der Waals surface area contributed by atoms with Crippen molar-refractivity contribution < 1.29 is 57.0 Å². The molecular formula is C27H27F4NO9S2. The van der Waals surface area contributed by atoms with Crippen molar-refractivity contribution in [2.24, 2.45) is 0 Å². The van der Waals surface area contributed by atoms with Gasteiger partial charge in [0.25, 0.3) is 20.2 Å². The number of fused-ring (bicyclic) bond motifs is 1. The fourth-order valence-corrected chi connectivity index (χ4v) is 5.97. The van der Waals surface area contributed by atoms with Crippen LogP contribution >= 0.6 is 0 Å². The van der Waals surface area contributed by atoms with E-state index in [1.807, 2.05) is 0 Å². The molecule has 0 saturated carbocycles. The molecule has 0 radical (unpaired) electrons. The predicted molar refractivity (Wildman–Crippen MR) is 143 cm³/mol. The molecule has 0 heterocycles. The Kier molecular flexibility index (Phi) is 11.1. The molecule has 43 heavy (non-hydrogen) atoms. The highest BCUT2D eigenvalue weighted by atomic mass is 32.2. The topological polar surface area (TPSA) is 138 Å². The first kappa shape index (κ1) is 34.2. The predicted octanol–water partition coefficient (Wildman–Crippen LogP) is 5.32. The van der Waals surface area contributed by atoms with Crippen LogP contribution in [0.2, 0.25) is 0 Å². The Morgan fingerprint density at radius 2 is 1.26 bits per heavy atom. The summed E-state index contributed by atoms with van der Waals surface area (Å²) >= 11 is 0. The van der Waals surface area contributed by atoms with Crippen LogP contribution in [0, 0.1) is 34.6 Å². The number of hydrogen-bond donors (Lipinski definition) is 0. The molecule has 16 heteroatoms. The molecule has 3 rings (SSSR count). The molecule has 0 spiro atoms. The second-order valence-electron chi connectivity index (χ2n) is 9.02. The van der Waals surface area contributed by atoms with Crippen molar-refractivity contribution in [3.05, 3.63) is 59.2 Å². The lowest BCUT2D eigenvalue weighted by atomic mass is 10.1. The summed E-state index contributed by atoms with van der Waals surface area (Å²) in [5, 5.41) is 8.57. The fraction of sp³-hybridized carbons (Fsp3) is 0.370. The van der Waals surface area contributed by atoms with Crippen LogP contribution in [0.1, 0.15) is 33.3 Å². The first-order valence-corrected chi connectivity index (χ1v) is 15.5. The summed E-state index contributed by atoms with van der Waals surface area (Å²) in [4.78, 5) is -1.09. The van der Waals surface area contributed by atoms with E-state index in [4.69, 9.17) is 27.8 Å². The molecule has 0 bridgehead atoms. The molecule has 0 aliphatic carbocycles. The fourth-order valence-electron chi connectivity index (χ4n) is 3.75. The molecule has 0 aliphatic rings. The molecule has 0 aliphatic heterocycles. The molecule has 3 aromatic rings. The molecule has 10 nitrogen and oxygen atoms in total. The van der Waals surface area contributed by atoms with Crippen LogP contribution in [-0.2, 0) is 38.1 Å². The number of ether oxygens (including phenoxy) is 3. The van der Waals surface area contributed by atoms with Crippen molar-refractivity contribution in [2.45, 2.75) is 49.7 Å². The highest BCUT2D eigenvalue weighted by Crippen LogP contribution is 2.39. The average Bonchev–Trinajstić information content (AvgIpc) is 2.95. The van der Waals surface area contributed by atoms with Gasteiger partial charge >= 0.3 is 0 Å². The molecule has 0 saturated heterocycles. The number of nitrogens with zero attached hydrogens (tertiary/aromatic N) is 1. The van der Waals surface area contributed by atoms with Gasteiger partial charge in [-0.2, -0.15) is 30.9 Å². The van der Waals surface area contributed by atoms with Gasteiger partial charge in [0.2, 0.25) is 17.4 Å². The summed E-state index contributed by atoms with van der Waals surface area (Å²) in [6.07, 6.45) is -1.88. The lowest BCUT2D eigenvalue weighted by Gasteiger charge is -2.17. The molecule has 0 N–H and O–H groups in total. The van der Waals surface area contributed by atoms with E-state index in [-0.39, 0.29) is 30.6 Å². The van der Waals surface area contributed by atoms with Crippen molar-refractivity contribution in [3.8, 4) is 17.6 Å². The van der Waals surface area contributed by atoms with Gasteiger partial charge in [0.05, 0.1) is 35.2 Å². The Hall–Kier alpha value is -3.33. The Morgan fingerprint density at radius 1 is 0.767 bits per heavy atom. The van der Waals surface area contributed by atoms with Gasteiger partial charge in [-0.15, -0.1) is 0 Å². The minimum absolute atomic E-state index is 0.0458. The van der Waals surface area contributed by atoms with Gasteiger partial charge in [-0.3, -0.25) is 8.37 Å². The molecule has 0 amide bonds. The van der Waals surface area contributed by atoms with Crippen LogP contribution in [0.25, 0.3) is 10.8 Å². The maximum absolute atomic E-state index is 14.7. The minimum Gasteiger partial charge on any atom is -0.450 e. The molecule has 234 valence electrons. The van der Waals surface area contributed by atoms with Gasteiger partial charge in [-0.1, -0.05) is 0 Å². The molecule has 2 atom stereocenters. The molecule has 3 aromatic carbocycles. The molecular weight excluding hydrogens is 622 g/mol.